The summed E-state index contributed by atoms with van der Waals surface area (Å²) >= 11 is 9.39. The quantitative estimate of drug-likeness (QED) is 0.850. The van der Waals surface area contributed by atoms with E-state index in [-0.39, 0.29) is 5.75 Å². The fraction of sp³-hybridized carbons (Fsp3) is 0.200. The Morgan fingerprint density at radius 3 is 2.67 bits per heavy atom. The molecule has 0 saturated heterocycles. The third-order valence-corrected chi connectivity index (χ3v) is 4.13. The average Bonchev–Trinajstić information content (AvgIpc) is 2.49. The van der Waals surface area contributed by atoms with Gasteiger partial charge >= 0.3 is 0 Å². The summed E-state index contributed by atoms with van der Waals surface area (Å²) in [6, 6.07) is 9.02. The van der Waals surface area contributed by atoms with Crippen molar-refractivity contribution < 1.29 is 14.6 Å². The van der Waals surface area contributed by atoms with E-state index in [0.717, 1.165) is 21.5 Å². The number of phenols is 1. The van der Waals surface area contributed by atoms with Crippen molar-refractivity contribution in [2.24, 2.45) is 0 Å². The van der Waals surface area contributed by atoms with E-state index in [0.29, 0.717) is 30.5 Å². The maximum atomic E-state index is 9.91. The summed E-state index contributed by atoms with van der Waals surface area (Å²) in [6.07, 6.45) is 0. The number of hydrogen-bond acceptors (Lipinski definition) is 4. The second-order valence-corrected chi connectivity index (χ2v) is 5.84. The molecule has 2 N–H and O–H groups in total. The van der Waals surface area contributed by atoms with Crippen LogP contribution in [0.25, 0.3) is 0 Å². The maximum absolute atomic E-state index is 9.91. The minimum Gasteiger partial charge on any atom is -0.506 e. The van der Waals surface area contributed by atoms with E-state index in [4.69, 9.17) is 21.1 Å². The molecule has 21 heavy (non-hydrogen) atoms. The number of hydrogen-bond donors (Lipinski definition) is 2. The number of aromatic hydroxyl groups is 1. The summed E-state index contributed by atoms with van der Waals surface area (Å²) in [5.74, 6) is 1.53. The van der Waals surface area contributed by atoms with E-state index in [1.807, 2.05) is 18.2 Å². The molecule has 1 heterocycles. The smallest absolute Gasteiger partial charge is 0.163 e. The van der Waals surface area contributed by atoms with Crippen LogP contribution in [0.5, 0.6) is 17.2 Å². The van der Waals surface area contributed by atoms with Gasteiger partial charge in [-0.1, -0.05) is 23.7 Å². The third-order valence-electron chi connectivity index (χ3n) is 3.17. The first kappa shape index (κ1) is 14.4. The van der Waals surface area contributed by atoms with Gasteiger partial charge in [-0.15, -0.1) is 0 Å². The fourth-order valence-electron chi connectivity index (χ4n) is 2.09. The number of phenolic OH excluding ortho intramolecular Hbond substituents is 1. The lowest BCUT2D eigenvalue weighted by atomic mass is 10.2. The molecular formula is C15H13BrClNO3. The highest BCUT2D eigenvalue weighted by Crippen LogP contribution is 2.38. The largest absolute Gasteiger partial charge is 0.506 e. The van der Waals surface area contributed by atoms with Gasteiger partial charge in [-0.05, 0) is 22.0 Å². The normalized spacial score (nSPS) is 13.0. The second-order valence-electron chi connectivity index (χ2n) is 4.58. The Bertz CT molecular complexity index is 678. The van der Waals surface area contributed by atoms with Crippen molar-refractivity contribution in [2.75, 3.05) is 18.5 Å². The number of anilines is 1. The monoisotopic (exact) mass is 369 g/mol. The molecule has 0 spiro atoms. The number of para-hydroxylation sites is 1. The average molecular weight is 371 g/mol. The Morgan fingerprint density at radius 2 is 1.90 bits per heavy atom. The number of benzene rings is 2. The van der Waals surface area contributed by atoms with Crippen LogP contribution in [0.3, 0.4) is 0 Å². The molecule has 2 aromatic carbocycles. The molecule has 3 rings (SSSR count). The number of rotatable bonds is 3. The zero-order valence-corrected chi connectivity index (χ0v) is 13.4. The van der Waals surface area contributed by atoms with Crippen LogP contribution in [0.4, 0.5) is 5.69 Å². The van der Waals surface area contributed by atoms with Crippen molar-refractivity contribution in [3.8, 4) is 17.2 Å². The van der Waals surface area contributed by atoms with E-state index < -0.39 is 0 Å². The first-order chi connectivity index (χ1) is 10.1. The van der Waals surface area contributed by atoms with Gasteiger partial charge in [0.25, 0.3) is 0 Å². The van der Waals surface area contributed by atoms with Gasteiger partial charge in [0.1, 0.15) is 19.0 Å². The summed E-state index contributed by atoms with van der Waals surface area (Å²) in [6.45, 7) is 1.55. The van der Waals surface area contributed by atoms with Gasteiger partial charge in [0, 0.05) is 28.7 Å². The van der Waals surface area contributed by atoms with Crippen LogP contribution < -0.4 is 14.8 Å². The van der Waals surface area contributed by atoms with Crippen LogP contribution in [-0.2, 0) is 6.54 Å². The van der Waals surface area contributed by atoms with Crippen LogP contribution in [0.15, 0.2) is 34.8 Å². The number of nitrogens with one attached hydrogen (secondary N) is 1. The van der Waals surface area contributed by atoms with Crippen molar-refractivity contribution in [3.63, 3.8) is 0 Å². The van der Waals surface area contributed by atoms with Crippen LogP contribution in [0.2, 0.25) is 5.02 Å². The number of ether oxygens (including phenoxy) is 2. The summed E-state index contributed by atoms with van der Waals surface area (Å²) in [5.41, 5.74) is 1.59. The van der Waals surface area contributed by atoms with Crippen LogP contribution in [0.1, 0.15) is 5.56 Å². The SMILES string of the molecule is Oc1c(Cl)cccc1CNc1cc2c(cc1Br)OCCO2. The van der Waals surface area contributed by atoms with Crippen molar-refractivity contribution in [3.05, 3.63) is 45.4 Å². The summed E-state index contributed by atoms with van der Waals surface area (Å²) in [7, 11) is 0. The van der Waals surface area contributed by atoms with Gasteiger partial charge in [-0.2, -0.15) is 0 Å². The molecule has 0 saturated carbocycles. The Kier molecular flexibility index (Phi) is 4.12. The predicted octanol–water partition coefficient (Wildman–Crippen LogP) is 4.19. The van der Waals surface area contributed by atoms with E-state index in [2.05, 4.69) is 21.2 Å². The molecular weight excluding hydrogens is 358 g/mol. The van der Waals surface area contributed by atoms with Crippen molar-refractivity contribution in [1.29, 1.82) is 0 Å². The molecule has 1 aliphatic heterocycles. The number of halogens is 2. The third kappa shape index (κ3) is 3.04. The predicted molar refractivity (Wildman–Crippen MR) is 85.6 cm³/mol. The van der Waals surface area contributed by atoms with Crippen LogP contribution >= 0.6 is 27.5 Å². The highest BCUT2D eigenvalue weighted by molar-refractivity contribution is 9.10. The minimum absolute atomic E-state index is 0.0975. The topological polar surface area (TPSA) is 50.7 Å². The molecule has 6 heteroatoms. The maximum Gasteiger partial charge on any atom is 0.163 e. The first-order valence-corrected chi connectivity index (χ1v) is 7.61. The molecule has 0 amide bonds. The highest BCUT2D eigenvalue weighted by Gasteiger charge is 2.15. The molecule has 0 radical (unpaired) electrons. The van der Waals surface area contributed by atoms with Gasteiger partial charge in [-0.3, -0.25) is 0 Å². The van der Waals surface area contributed by atoms with E-state index in [9.17, 15) is 5.11 Å². The van der Waals surface area contributed by atoms with Crippen molar-refractivity contribution in [1.82, 2.24) is 0 Å². The first-order valence-electron chi connectivity index (χ1n) is 6.44. The van der Waals surface area contributed by atoms with E-state index in [1.165, 1.54) is 0 Å². The fourth-order valence-corrected chi connectivity index (χ4v) is 2.75. The zero-order chi connectivity index (χ0) is 14.8. The molecule has 1 aliphatic rings. The molecule has 0 bridgehead atoms. The summed E-state index contributed by atoms with van der Waals surface area (Å²) < 4.78 is 11.9. The Hall–Kier alpha value is -1.59. The van der Waals surface area contributed by atoms with Gasteiger partial charge in [0.2, 0.25) is 0 Å². The highest BCUT2D eigenvalue weighted by atomic mass is 79.9. The lowest BCUT2D eigenvalue weighted by Gasteiger charge is -2.20. The van der Waals surface area contributed by atoms with Crippen molar-refractivity contribution >= 4 is 33.2 Å². The van der Waals surface area contributed by atoms with E-state index >= 15 is 0 Å². The summed E-state index contributed by atoms with van der Waals surface area (Å²) in [5, 5.41) is 13.5. The molecule has 0 aromatic heterocycles. The summed E-state index contributed by atoms with van der Waals surface area (Å²) in [4.78, 5) is 0. The Morgan fingerprint density at radius 1 is 1.19 bits per heavy atom. The Labute approximate surface area is 135 Å². The van der Waals surface area contributed by atoms with Crippen molar-refractivity contribution in [2.45, 2.75) is 6.54 Å². The van der Waals surface area contributed by atoms with E-state index in [1.54, 1.807) is 12.1 Å². The molecule has 0 atom stereocenters. The molecule has 0 aliphatic carbocycles. The Balaban J connectivity index is 1.80. The molecule has 2 aromatic rings. The second kappa shape index (κ2) is 6.03. The van der Waals surface area contributed by atoms with Gasteiger partial charge in [0.15, 0.2) is 11.5 Å². The zero-order valence-electron chi connectivity index (χ0n) is 11.0. The van der Waals surface area contributed by atoms with Crippen LogP contribution in [0, 0.1) is 0 Å². The number of fused-ring (bicyclic) bond motifs is 1. The molecule has 0 fully saturated rings. The lowest BCUT2D eigenvalue weighted by molar-refractivity contribution is 0.171. The van der Waals surface area contributed by atoms with Gasteiger partial charge < -0.3 is 19.9 Å². The molecule has 110 valence electrons. The molecule has 0 unspecified atom stereocenters. The lowest BCUT2D eigenvalue weighted by Crippen LogP contribution is -2.15. The molecule has 4 nitrogen and oxygen atoms in total. The van der Waals surface area contributed by atoms with Gasteiger partial charge in [0.05, 0.1) is 10.7 Å². The van der Waals surface area contributed by atoms with Crippen LogP contribution in [-0.4, -0.2) is 18.3 Å². The standard InChI is InChI=1S/C15H13BrClNO3/c16-10-6-13-14(21-5-4-20-13)7-12(10)18-8-9-2-1-3-11(17)15(9)19/h1-3,6-7,18-19H,4-5,8H2. The van der Waals surface area contributed by atoms with Gasteiger partial charge in [-0.25, -0.2) is 0 Å². The minimum atomic E-state index is 0.0975.